The second-order valence-electron chi connectivity index (χ2n) is 6.63. The summed E-state index contributed by atoms with van der Waals surface area (Å²) in [5, 5.41) is 3.80. The third-order valence-corrected chi connectivity index (χ3v) is 4.73. The molecule has 0 aliphatic heterocycles. The van der Waals surface area contributed by atoms with E-state index in [4.69, 9.17) is 4.74 Å². The van der Waals surface area contributed by atoms with E-state index in [-0.39, 0.29) is 0 Å². The van der Waals surface area contributed by atoms with Crippen LogP contribution in [0.3, 0.4) is 0 Å². The van der Waals surface area contributed by atoms with Crippen LogP contribution < -0.4 is 10.1 Å². The molecule has 21 heavy (non-hydrogen) atoms. The fourth-order valence-electron chi connectivity index (χ4n) is 3.55. The number of ether oxygens (including phenoxy) is 1. The summed E-state index contributed by atoms with van der Waals surface area (Å²) in [6.45, 7) is 8.72. The maximum Gasteiger partial charge on any atom is 0.124 e. The molecule has 0 heterocycles. The lowest BCUT2D eigenvalue weighted by Gasteiger charge is -2.36. The first-order valence-electron chi connectivity index (χ1n) is 8.66. The molecule has 1 atom stereocenters. The molecule has 0 radical (unpaired) electrons. The van der Waals surface area contributed by atoms with E-state index in [1.165, 1.54) is 37.7 Å². The van der Waals surface area contributed by atoms with Crippen LogP contribution >= 0.6 is 0 Å². The first-order valence-corrected chi connectivity index (χ1v) is 8.66. The van der Waals surface area contributed by atoms with Gasteiger partial charge in [0.25, 0.3) is 0 Å². The first-order chi connectivity index (χ1) is 10.2. The van der Waals surface area contributed by atoms with Crippen molar-refractivity contribution in [1.29, 1.82) is 0 Å². The lowest BCUT2D eigenvalue weighted by molar-refractivity contribution is 0.215. The predicted molar refractivity (Wildman–Crippen MR) is 89.8 cm³/mol. The Bertz CT molecular complexity index is 423. The molecule has 0 bridgehead atoms. The molecule has 118 valence electrons. The number of hydrogen-bond donors (Lipinski definition) is 1. The maximum atomic E-state index is 6.01. The van der Waals surface area contributed by atoms with E-state index in [1.54, 1.807) is 0 Å². The Morgan fingerprint density at radius 1 is 1.14 bits per heavy atom. The fourth-order valence-corrected chi connectivity index (χ4v) is 3.55. The van der Waals surface area contributed by atoms with Crippen LogP contribution in [0.15, 0.2) is 24.3 Å². The monoisotopic (exact) mass is 289 g/mol. The van der Waals surface area contributed by atoms with Gasteiger partial charge >= 0.3 is 0 Å². The van der Waals surface area contributed by atoms with Gasteiger partial charge in [-0.25, -0.2) is 0 Å². The van der Waals surface area contributed by atoms with Crippen molar-refractivity contribution >= 4 is 0 Å². The van der Waals surface area contributed by atoms with Crippen molar-refractivity contribution in [2.45, 2.75) is 65.3 Å². The van der Waals surface area contributed by atoms with Gasteiger partial charge in [-0.05, 0) is 43.7 Å². The fraction of sp³-hybridized carbons (Fsp3) is 0.684. The lowest BCUT2D eigenvalue weighted by atomic mass is 9.77. The highest BCUT2D eigenvalue weighted by Gasteiger charge is 2.38. The van der Waals surface area contributed by atoms with Crippen LogP contribution in [0, 0.1) is 5.41 Å². The van der Waals surface area contributed by atoms with E-state index < -0.39 is 0 Å². The summed E-state index contributed by atoms with van der Waals surface area (Å²) < 4.78 is 6.01. The number of para-hydroxylation sites is 1. The van der Waals surface area contributed by atoms with Crippen LogP contribution in [0.5, 0.6) is 5.75 Å². The van der Waals surface area contributed by atoms with E-state index >= 15 is 0 Å². The molecule has 0 amide bonds. The van der Waals surface area contributed by atoms with Crippen molar-refractivity contribution in [1.82, 2.24) is 5.32 Å². The number of rotatable bonds is 8. The lowest BCUT2D eigenvalue weighted by Crippen LogP contribution is -2.35. The smallest absolute Gasteiger partial charge is 0.124 e. The van der Waals surface area contributed by atoms with Crippen molar-refractivity contribution in [2.24, 2.45) is 5.41 Å². The van der Waals surface area contributed by atoms with Gasteiger partial charge in [-0.1, -0.05) is 51.8 Å². The van der Waals surface area contributed by atoms with Crippen molar-refractivity contribution in [3.05, 3.63) is 29.8 Å². The second-order valence-corrected chi connectivity index (χ2v) is 6.63. The molecule has 0 aromatic heterocycles. The molecule has 1 aliphatic carbocycles. The second kappa shape index (κ2) is 7.84. The normalized spacial score (nSPS) is 18.6. The van der Waals surface area contributed by atoms with Gasteiger partial charge in [-0.15, -0.1) is 0 Å². The van der Waals surface area contributed by atoms with Crippen molar-refractivity contribution in [2.75, 3.05) is 13.2 Å². The number of nitrogens with one attached hydrogen (secondary N) is 1. The summed E-state index contributed by atoms with van der Waals surface area (Å²) in [7, 11) is 0. The molecule has 0 saturated heterocycles. The Labute approximate surface area is 130 Å². The van der Waals surface area contributed by atoms with Gasteiger partial charge in [-0.2, -0.15) is 0 Å². The first kappa shape index (κ1) is 16.4. The zero-order chi connectivity index (χ0) is 15.1. The molecular formula is C19H31NO. The summed E-state index contributed by atoms with van der Waals surface area (Å²) in [5.41, 5.74) is 1.71. The third-order valence-electron chi connectivity index (χ3n) is 4.73. The summed E-state index contributed by atoms with van der Waals surface area (Å²) >= 11 is 0. The Balaban J connectivity index is 2.27. The van der Waals surface area contributed by atoms with E-state index in [0.717, 1.165) is 25.3 Å². The minimum Gasteiger partial charge on any atom is -0.493 e. The van der Waals surface area contributed by atoms with Crippen molar-refractivity contribution in [3.8, 4) is 5.75 Å². The third kappa shape index (κ3) is 4.00. The average molecular weight is 289 g/mol. The average Bonchev–Trinajstić information content (AvgIpc) is 2.94. The van der Waals surface area contributed by atoms with Crippen LogP contribution in [0.1, 0.15) is 70.9 Å². The molecule has 1 fully saturated rings. The molecule has 2 nitrogen and oxygen atoms in total. The van der Waals surface area contributed by atoms with Gasteiger partial charge in [-0.3, -0.25) is 0 Å². The van der Waals surface area contributed by atoms with Crippen LogP contribution in [0.4, 0.5) is 0 Å². The maximum absolute atomic E-state index is 6.01. The quantitative estimate of drug-likeness (QED) is 0.719. The molecule has 2 rings (SSSR count). The highest BCUT2D eigenvalue weighted by atomic mass is 16.5. The number of benzene rings is 1. The van der Waals surface area contributed by atoms with Crippen molar-refractivity contribution < 1.29 is 4.74 Å². The standard InChI is InChI=1S/C19H31NO/c1-4-14-20-18(19(3)12-8-9-13-19)16-10-6-7-11-17(16)21-15-5-2/h6-7,10-11,18,20H,4-5,8-9,12-15H2,1-3H3. The zero-order valence-electron chi connectivity index (χ0n) is 14.0. The van der Waals surface area contributed by atoms with Gasteiger partial charge in [0.15, 0.2) is 0 Å². The minimum absolute atomic E-state index is 0.362. The Morgan fingerprint density at radius 3 is 2.52 bits per heavy atom. The predicted octanol–water partition coefficient (Wildman–Crippen LogP) is 5.10. The molecule has 1 aliphatic rings. The van der Waals surface area contributed by atoms with Crippen LogP contribution in [-0.2, 0) is 0 Å². The summed E-state index contributed by atoms with van der Waals surface area (Å²) in [4.78, 5) is 0. The molecule has 2 heteroatoms. The highest BCUT2D eigenvalue weighted by molar-refractivity contribution is 5.37. The van der Waals surface area contributed by atoms with Gasteiger partial charge in [0, 0.05) is 11.6 Å². The van der Waals surface area contributed by atoms with Gasteiger partial charge < -0.3 is 10.1 Å². The van der Waals surface area contributed by atoms with Crippen LogP contribution in [-0.4, -0.2) is 13.2 Å². The SMILES string of the molecule is CCCNC(c1ccccc1OCCC)C1(C)CCCC1. The molecular weight excluding hydrogens is 258 g/mol. The van der Waals surface area contributed by atoms with E-state index in [0.29, 0.717) is 11.5 Å². The zero-order valence-corrected chi connectivity index (χ0v) is 14.0. The van der Waals surface area contributed by atoms with Crippen molar-refractivity contribution in [3.63, 3.8) is 0 Å². The largest absolute Gasteiger partial charge is 0.493 e. The topological polar surface area (TPSA) is 21.3 Å². The molecule has 1 unspecified atom stereocenters. The minimum atomic E-state index is 0.362. The van der Waals surface area contributed by atoms with E-state index in [9.17, 15) is 0 Å². The van der Waals surface area contributed by atoms with E-state index in [2.05, 4.69) is 50.4 Å². The van der Waals surface area contributed by atoms with Gasteiger partial charge in [0.05, 0.1) is 6.61 Å². The molecule has 1 aromatic carbocycles. The van der Waals surface area contributed by atoms with Crippen LogP contribution in [0.25, 0.3) is 0 Å². The summed E-state index contributed by atoms with van der Waals surface area (Å²) in [5.74, 6) is 1.07. The molecule has 1 saturated carbocycles. The van der Waals surface area contributed by atoms with Gasteiger partial charge in [0.2, 0.25) is 0 Å². The van der Waals surface area contributed by atoms with E-state index in [1.807, 2.05) is 0 Å². The molecule has 0 spiro atoms. The molecule has 1 aromatic rings. The Kier molecular flexibility index (Phi) is 6.10. The van der Waals surface area contributed by atoms with Crippen LogP contribution in [0.2, 0.25) is 0 Å². The Morgan fingerprint density at radius 2 is 1.86 bits per heavy atom. The number of hydrogen-bond acceptors (Lipinski definition) is 2. The highest BCUT2D eigenvalue weighted by Crippen LogP contribution is 2.48. The molecule has 1 N–H and O–H groups in total. The summed E-state index contributed by atoms with van der Waals surface area (Å²) in [6.07, 6.45) is 7.58. The Hall–Kier alpha value is -1.02. The van der Waals surface area contributed by atoms with Gasteiger partial charge in [0.1, 0.15) is 5.75 Å². The summed E-state index contributed by atoms with van der Waals surface area (Å²) in [6, 6.07) is 9.02.